The summed E-state index contributed by atoms with van der Waals surface area (Å²) >= 11 is 0. The molecule has 130 valence electrons. The van der Waals surface area contributed by atoms with Crippen molar-refractivity contribution in [1.29, 1.82) is 0 Å². The summed E-state index contributed by atoms with van der Waals surface area (Å²) < 4.78 is 1.95. The molecule has 1 fully saturated rings. The zero-order valence-corrected chi connectivity index (χ0v) is 14.8. The van der Waals surface area contributed by atoms with Crippen LogP contribution in [0.25, 0.3) is 10.8 Å². The van der Waals surface area contributed by atoms with Crippen LogP contribution in [0.5, 0.6) is 0 Å². The molecule has 0 unspecified atom stereocenters. The van der Waals surface area contributed by atoms with E-state index < -0.39 is 0 Å². The van der Waals surface area contributed by atoms with E-state index in [1.54, 1.807) is 0 Å². The third kappa shape index (κ3) is 2.13. The van der Waals surface area contributed by atoms with Crippen LogP contribution in [-0.4, -0.2) is 27.7 Å². The van der Waals surface area contributed by atoms with E-state index in [2.05, 4.69) is 5.16 Å². The quantitative estimate of drug-likeness (QED) is 0.531. The van der Waals surface area contributed by atoms with Gasteiger partial charge >= 0.3 is 0 Å². The van der Waals surface area contributed by atoms with E-state index in [1.165, 1.54) is 0 Å². The maximum Gasteiger partial charge on any atom is 0.212 e. The molecule has 2 aliphatic carbocycles. The van der Waals surface area contributed by atoms with Crippen LogP contribution in [0.15, 0.2) is 41.6 Å². The highest BCUT2D eigenvalue weighted by molar-refractivity contribution is 6.30. The van der Waals surface area contributed by atoms with Gasteiger partial charge in [-0.25, -0.2) is 4.98 Å². The van der Waals surface area contributed by atoms with Crippen LogP contribution < -0.4 is 0 Å². The van der Waals surface area contributed by atoms with E-state index in [4.69, 9.17) is 9.82 Å². The number of nitrogens with zero attached hydrogens (tertiary/aromatic N) is 3. The third-order valence-corrected chi connectivity index (χ3v) is 5.18. The molecule has 2 aliphatic rings. The SMILES string of the molecule is CCO/N=C1\c2cc3ccccc3cc2C(=O)c2c1nc(C1CC1)n2C. The molecule has 0 spiro atoms. The Morgan fingerprint density at radius 3 is 2.54 bits per heavy atom. The highest BCUT2D eigenvalue weighted by Crippen LogP contribution is 2.41. The van der Waals surface area contributed by atoms with Gasteiger partial charge in [0.25, 0.3) is 0 Å². The number of ketones is 1. The molecule has 0 aliphatic heterocycles. The summed E-state index contributed by atoms with van der Waals surface area (Å²) in [7, 11) is 1.93. The lowest BCUT2D eigenvalue weighted by Gasteiger charge is -2.18. The minimum atomic E-state index is 0.0121. The first-order valence-corrected chi connectivity index (χ1v) is 9.03. The maximum absolute atomic E-state index is 13.3. The minimum Gasteiger partial charge on any atom is -0.396 e. The largest absolute Gasteiger partial charge is 0.396 e. The van der Waals surface area contributed by atoms with Crippen molar-refractivity contribution >= 4 is 22.3 Å². The summed E-state index contributed by atoms with van der Waals surface area (Å²) in [6.45, 7) is 2.37. The number of carbonyl (C=O) groups is 1. The number of imidazole rings is 1. The molecule has 26 heavy (non-hydrogen) atoms. The normalized spacial score (nSPS) is 17.5. The zero-order chi connectivity index (χ0) is 17.8. The van der Waals surface area contributed by atoms with Crippen molar-refractivity contribution in [3.63, 3.8) is 0 Å². The van der Waals surface area contributed by atoms with E-state index in [1.807, 2.05) is 54.9 Å². The lowest BCUT2D eigenvalue weighted by atomic mass is 9.87. The second-order valence-corrected chi connectivity index (χ2v) is 6.93. The molecule has 0 atom stereocenters. The van der Waals surface area contributed by atoms with Gasteiger partial charge in [0, 0.05) is 24.1 Å². The van der Waals surface area contributed by atoms with Crippen LogP contribution >= 0.6 is 0 Å². The van der Waals surface area contributed by atoms with Crippen molar-refractivity contribution in [2.75, 3.05) is 6.61 Å². The van der Waals surface area contributed by atoms with Gasteiger partial charge in [0.15, 0.2) is 0 Å². The fourth-order valence-electron chi connectivity index (χ4n) is 3.75. The first-order chi connectivity index (χ1) is 12.7. The van der Waals surface area contributed by atoms with Crippen LogP contribution in [0.4, 0.5) is 0 Å². The second kappa shape index (κ2) is 5.53. The summed E-state index contributed by atoms with van der Waals surface area (Å²) in [5.41, 5.74) is 3.39. The number of rotatable bonds is 3. The molecule has 5 heteroatoms. The fourth-order valence-corrected chi connectivity index (χ4v) is 3.75. The van der Waals surface area contributed by atoms with E-state index in [9.17, 15) is 4.79 Å². The third-order valence-electron chi connectivity index (χ3n) is 5.18. The molecule has 0 saturated heterocycles. The first kappa shape index (κ1) is 15.3. The molecule has 1 saturated carbocycles. The maximum atomic E-state index is 13.3. The Kier molecular flexibility index (Phi) is 3.26. The van der Waals surface area contributed by atoms with Crippen molar-refractivity contribution in [2.45, 2.75) is 25.7 Å². The molecule has 5 rings (SSSR count). The van der Waals surface area contributed by atoms with Crippen molar-refractivity contribution in [3.05, 3.63) is 64.7 Å². The number of benzene rings is 2. The van der Waals surface area contributed by atoms with Crippen LogP contribution in [0.1, 0.15) is 58.8 Å². The number of hydrogen-bond donors (Lipinski definition) is 0. The average molecular weight is 345 g/mol. The number of oxime groups is 1. The first-order valence-electron chi connectivity index (χ1n) is 9.03. The van der Waals surface area contributed by atoms with Crippen molar-refractivity contribution in [3.8, 4) is 0 Å². The van der Waals surface area contributed by atoms with Crippen molar-refractivity contribution in [1.82, 2.24) is 9.55 Å². The lowest BCUT2D eigenvalue weighted by molar-refractivity contribution is 0.102. The van der Waals surface area contributed by atoms with Crippen LogP contribution in [0.2, 0.25) is 0 Å². The smallest absolute Gasteiger partial charge is 0.212 e. The standard InChI is InChI=1S/C21H19N3O2/c1-3-26-23-17-15-10-13-6-4-5-7-14(13)11-16(15)20(25)19-18(17)22-21(24(19)2)12-8-9-12/h4-7,10-12H,3,8-9H2,1-2H3/b23-17+. The highest BCUT2D eigenvalue weighted by Gasteiger charge is 2.38. The molecule has 0 bridgehead atoms. The van der Waals surface area contributed by atoms with Crippen molar-refractivity contribution < 1.29 is 9.63 Å². The molecular weight excluding hydrogens is 326 g/mol. The Balaban J connectivity index is 1.80. The highest BCUT2D eigenvalue weighted by atomic mass is 16.6. The molecule has 0 radical (unpaired) electrons. The molecule has 0 N–H and O–H groups in total. The molecule has 0 amide bonds. The topological polar surface area (TPSA) is 56.5 Å². The van der Waals surface area contributed by atoms with Gasteiger partial charge in [0.1, 0.15) is 29.5 Å². The molecule has 1 aromatic heterocycles. The Bertz CT molecular complexity index is 1090. The summed E-state index contributed by atoms with van der Waals surface area (Å²) in [5, 5.41) is 6.47. The second-order valence-electron chi connectivity index (χ2n) is 6.93. The molecular formula is C21H19N3O2. The average Bonchev–Trinajstić information content (AvgIpc) is 3.44. The molecule has 2 aromatic carbocycles. The molecule has 5 nitrogen and oxygen atoms in total. The van der Waals surface area contributed by atoms with Crippen molar-refractivity contribution in [2.24, 2.45) is 12.2 Å². The zero-order valence-electron chi connectivity index (χ0n) is 14.8. The number of carbonyl (C=O) groups excluding carboxylic acids is 1. The number of fused-ring (bicyclic) bond motifs is 3. The minimum absolute atomic E-state index is 0.0121. The predicted octanol–water partition coefficient (Wildman–Crippen LogP) is 3.78. The predicted molar refractivity (Wildman–Crippen MR) is 99.8 cm³/mol. The molecule has 1 heterocycles. The van der Waals surface area contributed by atoms with Gasteiger partial charge in [-0.15, -0.1) is 0 Å². The Hall–Kier alpha value is -2.95. The van der Waals surface area contributed by atoms with E-state index in [-0.39, 0.29) is 5.78 Å². The van der Waals surface area contributed by atoms with E-state index >= 15 is 0 Å². The Morgan fingerprint density at radius 1 is 1.19 bits per heavy atom. The summed E-state index contributed by atoms with van der Waals surface area (Å²) in [6.07, 6.45) is 2.26. The van der Waals surface area contributed by atoms with Crippen LogP contribution in [-0.2, 0) is 11.9 Å². The van der Waals surface area contributed by atoms with Crippen LogP contribution in [0, 0.1) is 0 Å². The van der Waals surface area contributed by atoms with Gasteiger partial charge in [0.05, 0.1) is 0 Å². The van der Waals surface area contributed by atoms with Gasteiger partial charge in [-0.05, 0) is 42.7 Å². The molecule has 3 aromatic rings. The van der Waals surface area contributed by atoms with E-state index in [0.29, 0.717) is 35.2 Å². The lowest BCUT2D eigenvalue weighted by Crippen LogP contribution is -2.23. The monoisotopic (exact) mass is 345 g/mol. The Morgan fingerprint density at radius 2 is 1.88 bits per heavy atom. The van der Waals surface area contributed by atoms with Gasteiger partial charge in [-0.3, -0.25) is 4.79 Å². The number of aromatic nitrogens is 2. The number of hydrogen-bond acceptors (Lipinski definition) is 4. The van der Waals surface area contributed by atoms with Gasteiger partial charge < -0.3 is 9.40 Å². The summed E-state index contributed by atoms with van der Waals surface area (Å²) in [5.74, 6) is 1.44. The van der Waals surface area contributed by atoms with E-state index in [0.717, 1.165) is 35.0 Å². The summed E-state index contributed by atoms with van der Waals surface area (Å²) in [6, 6.07) is 12.0. The fraction of sp³-hybridized carbons (Fsp3) is 0.286. The van der Waals surface area contributed by atoms with Gasteiger partial charge in [-0.2, -0.15) is 0 Å². The Labute approximate surface area is 151 Å². The summed E-state index contributed by atoms with van der Waals surface area (Å²) in [4.78, 5) is 23.5. The van der Waals surface area contributed by atoms with Gasteiger partial charge in [-0.1, -0.05) is 29.4 Å². The van der Waals surface area contributed by atoms with Gasteiger partial charge in [0.2, 0.25) is 5.78 Å². The van der Waals surface area contributed by atoms with Crippen LogP contribution in [0.3, 0.4) is 0 Å².